The van der Waals surface area contributed by atoms with Gasteiger partial charge in [0.05, 0.1) is 12.6 Å². The van der Waals surface area contributed by atoms with Crippen LogP contribution in [0.2, 0.25) is 0 Å². The first-order chi connectivity index (χ1) is 9.22. The third-order valence-electron chi connectivity index (χ3n) is 4.73. The molecular weight excluding hydrogens is 244 g/mol. The van der Waals surface area contributed by atoms with Gasteiger partial charge in [0, 0.05) is 13.2 Å². The molecule has 0 aromatic rings. The first-order valence-electron chi connectivity index (χ1n) is 7.43. The number of hydrogen-bond acceptors (Lipinski definition) is 3. The fourth-order valence-electron chi connectivity index (χ4n) is 3.67. The Kier molecular flexibility index (Phi) is 3.48. The largest absolute Gasteiger partial charge is 0.376 e. The van der Waals surface area contributed by atoms with Crippen molar-refractivity contribution >= 4 is 11.8 Å². The average molecular weight is 266 g/mol. The standard InChI is InChI=1S/C14H22N2O3/c17-12-9-15-13(18)14(6-2-3-7-14)16(12)10-11-5-1-4-8-19-11/h11H,1-10H2,(H,15,18). The van der Waals surface area contributed by atoms with E-state index in [9.17, 15) is 9.59 Å². The highest BCUT2D eigenvalue weighted by Gasteiger charge is 2.51. The minimum atomic E-state index is -0.573. The van der Waals surface area contributed by atoms with Crippen LogP contribution >= 0.6 is 0 Å². The third kappa shape index (κ3) is 2.24. The smallest absolute Gasteiger partial charge is 0.246 e. The zero-order valence-electron chi connectivity index (χ0n) is 11.3. The van der Waals surface area contributed by atoms with Gasteiger partial charge in [0.1, 0.15) is 5.54 Å². The molecule has 5 nitrogen and oxygen atoms in total. The van der Waals surface area contributed by atoms with Crippen LogP contribution in [-0.4, -0.2) is 48.1 Å². The minimum absolute atomic E-state index is 0.0420. The van der Waals surface area contributed by atoms with E-state index in [0.29, 0.717) is 6.54 Å². The maximum atomic E-state index is 12.3. The topological polar surface area (TPSA) is 58.6 Å². The number of carbonyl (C=O) groups is 2. The van der Waals surface area contributed by atoms with Crippen LogP contribution in [0, 0.1) is 0 Å². The highest BCUT2D eigenvalue weighted by atomic mass is 16.5. The molecule has 1 unspecified atom stereocenters. The molecule has 3 rings (SSSR count). The number of rotatable bonds is 2. The molecule has 1 aliphatic carbocycles. The molecule has 0 radical (unpaired) electrons. The summed E-state index contributed by atoms with van der Waals surface area (Å²) in [5.41, 5.74) is -0.573. The molecule has 2 saturated heterocycles. The lowest BCUT2D eigenvalue weighted by atomic mass is 9.90. The van der Waals surface area contributed by atoms with Gasteiger partial charge in [0.2, 0.25) is 11.8 Å². The molecule has 1 atom stereocenters. The Bertz CT molecular complexity index is 371. The molecule has 1 saturated carbocycles. The monoisotopic (exact) mass is 266 g/mol. The third-order valence-corrected chi connectivity index (χ3v) is 4.73. The summed E-state index contributed by atoms with van der Waals surface area (Å²) in [5.74, 6) is 0.0936. The van der Waals surface area contributed by atoms with E-state index in [1.165, 1.54) is 0 Å². The average Bonchev–Trinajstić information content (AvgIpc) is 2.91. The SMILES string of the molecule is O=C1CNC(=O)C2(CCCC2)N1CC1CCCCO1. The first-order valence-corrected chi connectivity index (χ1v) is 7.43. The predicted octanol–water partition coefficient (Wildman–Crippen LogP) is 0.827. The highest BCUT2D eigenvalue weighted by Crippen LogP contribution is 2.37. The molecule has 1 spiro atoms. The van der Waals surface area contributed by atoms with Crippen LogP contribution in [0.3, 0.4) is 0 Å². The number of carbonyl (C=O) groups excluding carboxylic acids is 2. The van der Waals surface area contributed by atoms with Crippen LogP contribution in [0.1, 0.15) is 44.9 Å². The number of piperazine rings is 1. The Balaban J connectivity index is 1.78. The number of ether oxygens (including phenoxy) is 1. The van der Waals surface area contributed by atoms with Crippen LogP contribution in [-0.2, 0) is 14.3 Å². The molecule has 3 aliphatic rings. The molecule has 2 amide bonds. The van der Waals surface area contributed by atoms with E-state index in [0.717, 1.165) is 51.6 Å². The van der Waals surface area contributed by atoms with Crippen molar-refractivity contribution < 1.29 is 14.3 Å². The second-order valence-corrected chi connectivity index (χ2v) is 5.91. The second-order valence-electron chi connectivity index (χ2n) is 5.91. The molecule has 0 aromatic carbocycles. The fourth-order valence-corrected chi connectivity index (χ4v) is 3.67. The minimum Gasteiger partial charge on any atom is -0.376 e. The molecule has 19 heavy (non-hydrogen) atoms. The normalized spacial score (nSPS) is 30.7. The van der Waals surface area contributed by atoms with E-state index in [4.69, 9.17) is 4.74 Å². The molecule has 2 aliphatic heterocycles. The lowest BCUT2D eigenvalue weighted by Crippen LogP contribution is -2.67. The zero-order chi connectivity index (χ0) is 13.3. The van der Waals surface area contributed by atoms with Crippen molar-refractivity contribution in [1.82, 2.24) is 10.2 Å². The quantitative estimate of drug-likeness (QED) is 0.805. The molecule has 0 bridgehead atoms. The van der Waals surface area contributed by atoms with Gasteiger partial charge in [-0.3, -0.25) is 9.59 Å². The van der Waals surface area contributed by atoms with Crippen molar-refractivity contribution in [2.24, 2.45) is 0 Å². The van der Waals surface area contributed by atoms with Crippen molar-refractivity contribution in [1.29, 1.82) is 0 Å². The summed E-state index contributed by atoms with van der Waals surface area (Å²) < 4.78 is 5.74. The van der Waals surface area contributed by atoms with E-state index < -0.39 is 5.54 Å². The van der Waals surface area contributed by atoms with Crippen LogP contribution in [0.4, 0.5) is 0 Å². The van der Waals surface area contributed by atoms with E-state index in [1.54, 1.807) is 0 Å². The van der Waals surface area contributed by atoms with Gasteiger partial charge in [-0.15, -0.1) is 0 Å². The van der Waals surface area contributed by atoms with Gasteiger partial charge in [0.25, 0.3) is 0 Å². The van der Waals surface area contributed by atoms with Gasteiger partial charge in [-0.05, 0) is 32.1 Å². The lowest BCUT2D eigenvalue weighted by molar-refractivity contribution is -0.156. The molecular formula is C14H22N2O3. The maximum Gasteiger partial charge on any atom is 0.246 e. The summed E-state index contributed by atoms with van der Waals surface area (Å²) in [6.07, 6.45) is 7.05. The fraction of sp³-hybridized carbons (Fsp3) is 0.857. The Morgan fingerprint density at radius 2 is 2.00 bits per heavy atom. The van der Waals surface area contributed by atoms with Gasteiger partial charge in [-0.1, -0.05) is 12.8 Å². The van der Waals surface area contributed by atoms with Crippen LogP contribution in [0.25, 0.3) is 0 Å². The summed E-state index contributed by atoms with van der Waals surface area (Å²) in [5, 5.41) is 2.76. The zero-order valence-corrected chi connectivity index (χ0v) is 11.3. The Morgan fingerprint density at radius 1 is 1.21 bits per heavy atom. The number of amides is 2. The van der Waals surface area contributed by atoms with Gasteiger partial charge < -0.3 is 15.0 Å². The summed E-state index contributed by atoms with van der Waals surface area (Å²) >= 11 is 0. The van der Waals surface area contributed by atoms with Crippen molar-refractivity contribution in [3.8, 4) is 0 Å². The van der Waals surface area contributed by atoms with E-state index in [2.05, 4.69) is 5.32 Å². The second kappa shape index (κ2) is 5.12. The molecule has 5 heteroatoms. The van der Waals surface area contributed by atoms with Crippen molar-refractivity contribution in [2.45, 2.75) is 56.6 Å². The van der Waals surface area contributed by atoms with Gasteiger partial charge in [0.15, 0.2) is 0 Å². The number of hydrogen-bond donors (Lipinski definition) is 1. The Labute approximate surface area is 113 Å². The van der Waals surface area contributed by atoms with E-state index in [1.807, 2.05) is 4.90 Å². The first kappa shape index (κ1) is 12.9. The van der Waals surface area contributed by atoms with Crippen LogP contribution in [0.15, 0.2) is 0 Å². The molecule has 2 heterocycles. The predicted molar refractivity (Wildman–Crippen MR) is 69.5 cm³/mol. The van der Waals surface area contributed by atoms with Gasteiger partial charge in [-0.25, -0.2) is 0 Å². The summed E-state index contributed by atoms with van der Waals surface area (Å²) in [6, 6.07) is 0. The molecule has 106 valence electrons. The van der Waals surface area contributed by atoms with Gasteiger partial charge >= 0.3 is 0 Å². The lowest BCUT2D eigenvalue weighted by Gasteiger charge is -2.45. The maximum absolute atomic E-state index is 12.3. The number of nitrogens with zero attached hydrogens (tertiary/aromatic N) is 1. The molecule has 3 fully saturated rings. The van der Waals surface area contributed by atoms with Crippen molar-refractivity contribution in [2.75, 3.05) is 19.7 Å². The highest BCUT2D eigenvalue weighted by molar-refractivity contribution is 5.98. The molecule has 1 N–H and O–H groups in total. The summed E-state index contributed by atoms with van der Waals surface area (Å²) in [6.45, 7) is 1.52. The van der Waals surface area contributed by atoms with Gasteiger partial charge in [-0.2, -0.15) is 0 Å². The number of nitrogens with one attached hydrogen (secondary N) is 1. The molecule has 0 aromatic heterocycles. The van der Waals surface area contributed by atoms with E-state index >= 15 is 0 Å². The Morgan fingerprint density at radius 3 is 2.68 bits per heavy atom. The summed E-state index contributed by atoms with van der Waals surface area (Å²) in [4.78, 5) is 26.3. The van der Waals surface area contributed by atoms with E-state index in [-0.39, 0.29) is 24.5 Å². The Hall–Kier alpha value is -1.10. The van der Waals surface area contributed by atoms with Crippen LogP contribution < -0.4 is 5.32 Å². The van der Waals surface area contributed by atoms with Crippen molar-refractivity contribution in [3.05, 3.63) is 0 Å². The van der Waals surface area contributed by atoms with Crippen molar-refractivity contribution in [3.63, 3.8) is 0 Å². The summed E-state index contributed by atoms with van der Waals surface area (Å²) in [7, 11) is 0. The van der Waals surface area contributed by atoms with Crippen LogP contribution in [0.5, 0.6) is 0 Å².